The highest BCUT2D eigenvalue weighted by atomic mass is 35.5. The largest absolute Gasteiger partial charge is 0.394 e. The van der Waals surface area contributed by atoms with Gasteiger partial charge in [-0.15, -0.1) is 0 Å². The van der Waals surface area contributed by atoms with E-state index in [4.69, 9.17) is 11.6 Å². The maximum absolute atomic E-state index is 9.33. The molecule has 110 valence electrons. The Bertz CT molecular complexity index is 567. The molecule has 2 aromatic heterocycles. The third kappa shape index (κ3) is 3.19. The molecule has 2 N–H and O–H groups in total. The molecule has 0 saturated heterocycles. The summed E-state index contributed by atoms with van der Waals surface area (Å²) in [6.07, 6.45) is 4.72. The van der Waals surface area contributed by atoms with Crippen molar-refractivity contribution in [3.8, 4) is 0 Å². The van der Waals surface area contributed by atoms with Gasteiger partial charge in [0.15, 0.2) is 11.5 Å². The fourth-order valence-corrected chi connectivity index (χ4v) is 2.19. The number of aliphatic hydroxyl groups excluding tert-OH is 1. The quantitative estimate of drug-likeness (QED) is 0.768. The van der Waals surface area contributed by atoms with Crippen molar-refractivity contribution >= 4 is 28.6 Å². The van der Waals surface area contributed by atoms with Crippen LogP contribution in [0.2, 0.25) is 5.28 Å². The second kappa shape index (κ2) is 6.85. The number of aryl methyl sites for hydroxylation is 1. The van der Waals surface area contributed by atoms with E-state index < -0.39 is 0 Å². The van der Waals surface area contributed by atoms with E-state index in [0.717, 1.165) is 31.3 Å². The maximum atomic E-state index is 9.33. The van der Waals surface area contributed by atoms with E-state index in [1.165, 1.54) is 0 Å². The molecule has 2 heterocycles. The summed E-state index contributed by atoms with van der Waals surface area (Å²) in [4.78, 5) is 12.7. The van der Waals surface area contributed by atoms with Crippen LogP contribution in [0, 0.1) is 0 Å². The lowest BCUT2D eigenvalue weighted by molar-refractivity contribution is 0.271. The molecule has 1 atom stereocenters. The average molecular weight is 298 g/mol. The van der Waals surface area contributed by atoms with Crippen LogP contribution in [0.1, 0.15) is 33.1 Å². The van der Waals surface area contributed by atoms with Gasteiger partial charge in [0.2, 0.25) is 5.28 Å². The summed E-state index contributed by atoms with van der Waals surface area (Å²) in [6, 6.07) is -0.0568. The first kappa shape index (κ1) is 15.0. The Morgan fingerprint density at radius 3 is 2.85 bits per heavy atom. The summed E-state index contributed by atoms with van der Waals surface area (Å²) in [6.45, 7) is 5.05. The first-order valence-electron chi connectivity index (χ1n) is 6.95. The number of anilines is 1. The van der Waals surface area contributed by atoms with E-state index in [1.807, 2.05) is 11.5 Å². The van der Waals surface area contributed by atoms with Gasteiger partial charge in [-0.25, -0.2) is 4.98 Å². The summed E-state index contributed by atoms with van der Waals surface area (Å²) in [5, 5.41) is 12.7. The van der Waals surface area contributed by atoms with Crippen molar-refractivity contribution in [1.82, 2.24) is 19.5 Å². The predicted octanol–water partition coefficient (Wildman–Crippen LogP) is 2.46. The molecule has 0 aliphatic heterocycles. The van der Waals surface area contributed by atoms with Gasteiger partial charge in [0.05, 0.1) is 19.0 Å². The molecule has 1 unspecified atom stereocenters. The molecule has 7 heteroatoms. The van der Waals surface area contributed by atoms with Crippen LogP contribution in [0.4, 0.5) is 5.82 Å². The van der Waals surface area contributed by atoms with E-state index in [-0.39, 0.29) is 17.9 Å². The van der Waals surface area contributed by atoms with E-state index in [9.17, 15) is 5.11 Å². The zero-order valence-electron chi connectivity index (χ0n) is 11.8. The number of aromatic nitrogens is 4. The van der Waals surface area contributed by atoms with E-state index in [2.05, 4.69) is 27.2 Å². The van der Waals surface area contributed by atoms with Gasteiger partial charge in [-0.1, -0.05) is 20.3 Å². The molecule has 0 spiro atoms. The van der Waals surface area contributed by atoms with Crippen molar-refractivity contribution in [2.45, 2.75) is 45.7 Å². The summed E-state index contributed by atoms with van der Waals surface area (Å²) in [5.41, 5.74) is 1.42. The fourth-order valence-electron chi connectivity index (χ4n) is 2.02. The number of hydrogen-bond donors (Lipinski definition) is 2. The van der Waals surface area contributed by atoms with Gasteiger partial charge in [0, 0.05) is 6.54 Å². The summed E-state index contributed by atoms with van der Waals surface area (Å²) in [7, 11) is 0. The van der Waals surface area contributed by atoms with Crippen LogP contribution >= 0.6 is 11.6 Å². The number of unbranched alkanes of at least 4 members (excludes halogenated alkanes) is 1. The molecule has 0 saturated carbocycles. The molecule has 0 amide bonds. The third-order valence-electron chi connectivity index (χ3n) is 3.25. The second-order valence-corrected chi connectivity index (χ2v) is 5.08. The van der Waals surface area contributed by atoms with Crippen LogP contribution in [0.5, 0.6) is 0 Å². The smallest absolute Gasteiger partial charge is 0.226 e. The number of aliphatic hydroxyl groups is 1. The SMILES string of the molecule is CCCCn1cnc2nc(Cl)nc(NC(CC)CO)c21. The van der Waals surface area contributed by atoms with Crippen molar-refractivity contribution in [3.63, 3.8) is 0 Å². The van der Waals surface area contributed by atoms with Gasteiger partial charge in [-0.05, 0) is 24.4 Å². The lowest BCUT2D eigenvalue weighted by atomic mass is 10.2. The Kier molecular flexibility index (Phi) is 5.14. The van der Waals surface area contributed by atoms with Gasteiger partial charge in [0.1, 0.15) is 5.52 Å². The van der Waals surface area contributed by atoms with E-state index in [1.54, 1.807) is 6.33 Å². The molecule has 2 aromatic rings. The lowest BCUT2D eigenvalue weighted by Gasteiger charge is -2.16. The van der Waals surface area contributed by atoms with Gasteiger partial charge in [0.25, 0.3) is 0 Å². The first-order valence-corrected chi connectivity index (χ1v) is 7.33. The minimum absolute atomic E-state index is 0.0444. The van der Waals surface area contributed by atoms with Crippen LogP contribution in [-0.4, -0.2) is 37.3 Å². The fraction of sp³-hybridized carbons (Fsp3) is 0.615. The van der Waals surface area contributed by atoms with Crippen LogP contribution in [0.25, 0.3) is 11.2 Å². The Hall–Kier alpha value is -1.40. The van der Waals surface area contributed by atoms with Crippen molar-refractivity contribution in [3.05, 3.63) is 11.6 Å². The van der Waals surface area contributed by atoms with Crippen LogP contribution < -0.4 is 5.32 Å². The average Bonchev–Trinajstić information content (AvgIpc) is 2.85. The molecule has 0 bridgehead atoms. The van der Waals surface area contributed by atoms with Gasteiger partial charge < -0.3 is 15.0 Å². The van der Waals surface area contributed by atoms with Crippen molar-refractivity contribution in [1.29, 1.82) is 0 Å². The topological polar surface area (TPSA) is 75.9 Å². The Morgan fingerprint density at radius 2 is 2.20 bits per heavy atom. The molecule has 0 aromatic carbocycles. The van der Waals surface area contributed by atoms with Crippen LogP contribution in [0.3, 0.4) is 0 Å². The molecule has 0 aliphatic rings. The summed E-state index contributed by atoms with van der Waals surface area (Å²) < 4.78 is 2.03. The number of rotatable bonds is 7. The standard InChI is InChI=1S/C13H20ClN5O/c1-3-5-6-19-8-15-11-10(19)12(18-13(14)17-11)16-9(4-2)7-20/h8-9,20H,3-7H2,1-2H3,(H,16,17,18). The second-order valence-electron chi connectivity index (χ2n) is 4.74. The van der Waals surface area contributed by atoms with Crippen LogP contribution in [-0.2, 0) is 6.54 Å². The molecule has 2 rings (SSSR count). The highest BCUT2D eigenvalue weighted by molar-refractivity contribution is 6.28. The minimum atomic E-state index is -0.0568. The zero-order valence-corrected chi connectivity index (χ0v) is 12.6. The molecular weight excluding hydrogens is 278 g/mol. The Morgan fingerprint density at radius 1 is 1.40 bits per heavy atom. The molecule has 0 aliphatic carbocycles. The zero-order chi connectivity index (χ0) is 14.5. The van der Waals surface area contributed by atoms with Gasteiger partial charge in [-0.2, -0.15) is 9.97 Å². The number of halogens is 1. The molecule has 0 fully saturated rings. The number of fused-ring (bicyclic) bond motifs is 1. The van der Waals surface area contributed by atoms with Crippen molar-refractivity contribution in [2.24, 2.45) is 0 Å². The predicted molar refractivity (Wildman–Crippen MR) is 80.0 cm³/mol. The van der Waals surface area contributed by atoms with Crippen molar-refractivity contribution < 1.29 is 5.11 Å². The number of hydrogen-bond acceptors (Lipinski definition) is 5. The normalized spacial score (nSPS) is 12.8. The highest BCUT2D eigenvalue weighted by Crippen LogP contribution is 2.23. The van der Waals surface area contributed by atoms with Gasteiger partial charge in [-0.3, -0.25) is 0 Å². The molecule has 20 heavy (non-hydrogen) atoms. The monoisotopic (exact) mass is 297 g/mol. The molecular formula is C13H20ClN5O. The number of imidazole rings is 1. The third-order valence-corrected chi connectivity index (χ3v) is 3.42. The van der Waals surface area contributed by atoms with E-state index >= 15 is 0 Å². The first-order chi connectivity index (χ1) is 9.69. The van der Waals surface area contributed by atoms with E-state index in [0.29, 0.717) is 11.5 Å². The Labute approximate surface area is 123 Å². The number of nitrogens with one attached hydrogen (secondary N) is 1. The summed E-state index contributed by atoms with van der Waals surface area (Å²) >= 11 is 5.93. The molecule has 6 nitrogen and oxygen atoms in total. The highest BCUT2D eigenvalue weighted by Gasteiger charge is 2.15. The Balaban J connectivity index is 2.41. The van der Waals surface area contributed by atoms with Gasteiger partial charge >= 0.3 is 0 Å². The molecule has 0 radical (unpaired) electrons. The minimum Gasteiger partial charge on any atom is -0.394 e. The van der Waals surface area contributed by atoms with Crippen molar-refractivity contribution in [2.75, 3.05) is 11.9 Å². The number of nitrogens with zero attached hydrogens (tertiary/aromatic N) is 4. The summed E-state index contributed by atoms with van der Waals surface area (Å²) in [5.74, 6) is 0.634. The lowest BCUT2D eigenvalue weighted by Crippen LogP contribution is -2.23. The maximum Gasteiger partial charge on any atom is 0.226 e. The van der Waals surface area contributed by atoms with Crippen LogP contribution in [0.15, 0.2) is 6.33 Å².